The maximum absolute atomic E-state index is 8.52. The second-order valence-corrected chi connectivity index (χ2v) is 6.61. The maximum atomic E-state index is 8.52. The summed E-state index contributed by atoms with van der Waals surface area (Å²) in [4.78, 5) is 0. The Kier molecular flexibility index (Phi) is 11.0. The number of rotatable bonds is 11. The highest BCUT2D eigenvalue weighted by atomic mass is 35.5. The minimum atomic E-state index is 0.195. The minimum Gasteiger partial charge on any atom is -0.493 e. The molecule has 0 aromatic heterocycles. The Morgan fingerprint density at radius 3 is 2.23 bits per heavy atom. The summed E-state index contributed by atoms with van der Waals surface area (Å²) in [5.41, 5.74) is 2.22. The average Bonchev–Trinajstić information content (AvgIpc) is 2.63. The third kappa shape index (κ3) is 8.19. The van der Waals surface area contributed by atoms with Gasteiger partial charge < -0.3 is 19.4 Å². The standard InChI is InChI=1S/C19H27Cl2NO4/c1-4-15-12-17(25-11-8-18(20)21)13-16(5-2)19(15)26-10-7-6-9-24-14(3)22-23/h8,12-13,23H,4-7,9-11H2,1-3H3. The zero-order valence-corrected chi connectivity index (χ0v) is 17.1. The van der Waals surface area contributed by atoms with Crippen LogP contribution in [0.5, 0.6) is 11.5 Å². The van der Waals surface area contributed by atoms with Crippen LogP contribution in [0.15, 0.2) is 27.9 Å². The number of hydrogen-bond acceptors (Lipinski definition) is 5. The highest BCUT2D eigenvalue weighted by Gasteiger charge is 2.11. The highest BCUT2D eigenvalue weighted by molar-refractivity contribution is 6.55. The summed E-state index contributed by atoms with van der Waals surface area (Å²) in [7, 11) is 0. The van der Waals surface area contributed by atoms with Crippen molar-refractivity contribution >= 4 is 29.1 Å². The van der Waals surface area contributed by atoms with Crippen molar-refractivity contribution in [2.45, 2.75) is 46.5 Å². The molecule has 146 valence electrons. The van der Waals surface area contributed by atoms with Gasteiger partial charge in [0.05, 0.1) is 13.2 Å². The van der Waals surface area contributed by atoms with Crippen LogP contribution in [0.25, 0.3) is 0 Å². The van der Waals surface area contributed by atoms with E-state index in [1.165, 1.54) is 0 Å². The Hall–Kier alpha value is -1.59. The molecule has 26 heavy (non-hydrogen) atoms. The van der Waals surface area contributed by atoms with E-state index in [2.05, 4.69) is 19.0 Å². The summed E-state index contributed by atoms with van der Waals surface area (Å²) in [6.45, 7) is 7.22. The summed E-state index contributed by atoms with van der Waals surface area (Å²) in [6, 6.07) is 3.99. The predicted octanol–water partition coefficient (Wildman–Crippen LogP) is 5.49. The minimum absolute atomic E-state index is 0.195. The van der Waals surface area contributed by atoms with Crippen LogP contribution in [0.1, 0.15) is 44.7 Å². The Bertz CT molecular complexity index is 589. The fraction of sp³-hybridized carbons (Fsp3) is 0.526. The zero-order chi connectivity index (χ0) is 19.4. The topological polar surface area (TPSA) is 60.3 Å². The first kappa shape index (κ1) is 22.5. The molecule has 1 rings (SSSR count). The summed E-state index contributed by atoms with van der Waals surface area (Å²) in [6.07, 6.45) is 4.97. The van der Waals surface area contributed by atoms with E-state index in [0.717, 1.165) is 48.3 Å². The summed E-state index contributed by atoms with van der Waals surface area (Å²) < 4.78 is 17.1. The van der Waals surface area contributed by atoms with E-state index in [1.807, 2.05) is 12.1 Å². The molecule has 0 saturated carbocycles. The van der Waals surface area contributed by atoms with Gasteiger partial charge in [-0.15, -0.1) is 0 Å². The van der Waals surface area contributed by atoms with Crippen LogP contribution in [0, 0.1) is 0 Å². The molecule has 0 atom stereocenters. The Balaban J connectivity index is 2.64. The summed E-state index contributed by atoms with van der Waals surface area (Å²) in [5.74, 6) is 1.99. The molecule has 1 aromatic carbocycles. The van der Waals surface area contributed by atoms with Gasteiger partial charge in [0.1, 0.15) is 22.6 Å². The van der Waals surface area contributed by atoms with E-state index in [9.17, 15) is 0 Å². The first-order valence-electron chi connectivity index (χ1n) is 8.75. The van der Waals surface area contributed by atoms with E-state index in [1.54, 1.807) is 13.0 Å². The second kappa shape index (κ2) is 12.7. The van der Waals surface area contributed by atoms with Crippen molar-refractivity contribution < 1.29 is 19.4 Å². The largest absolute Gasteiger partial charge is 0.493 e. The first-order valence-corrected chi connectivity index (χ1v) is 9.51. The third-order valence-corrected chi connectivity index (χ3v) is 4.01. The second-order valence-electron chi connectivity index (χ2n) is 5.61. The van der Waals surface area contributed by atoms with Crippen LogP contribution in [0.2, 0.25) is 0 Å². The molecule has 0 aliphatic heterocycles. The lowest BCUT2D eigenvalue weighted by molar-refractivity contribution is 0.234. The molecular weight excluding hydrogens is 377 g/mol. The summed E-state index contributed by atoms with van der Waals surface area (Å²) in [5, 5.41) is 11.5. The van der Waals surface area contributed by atoms with Gasteiger partial charge in [0, 0.05) is 6.92 Å². The van der Waals surface area contributed by atoms with Gasteiger partial charge in [0.25, 0.3) is 0 Å². The molecule has 1 aromatic rings. The molecule has 0 saturated heterocycles. The van der Waals surface area contributed by atoms with Crippen LogP contribution in [0.4, 0.5) is 0 Å². The van der Waals surface area contributed by atoms with Crippen molar-refractivity contribution in [3.05, 3.63) is 33.8 Å². The first-order chi connectivity index (χ1) is 12.5. The number of halogens is 2. The lowest BCUT2D eigenvalue weighted by Gasteiger charge is -2.17. The normalized spacial score (nSPS) is 11.2. The molecule has 7 heteroatoms. The molecule has 5 nitrogen and oxygen atoms in total. The Labute approximate surface area is 165 Å². The molecule has 0 fully saturated rings. The monoisotopic (exact) mass is 403 g/mol. The Morgan fingerprint density at radius 2 is 1.69 bits per heavy atom. The van der Waals surface area contributed by atoms with Crippen molar-refractivity contribution in [2.75, 3.05) is 19.8 Å². The van der Waals surface area contributed by atoms with Gasteiger partial charge in [-0.2, -0.15) is 0 Å². The molecule has 1 N–H and O–H groups in total. The van der Waals surface area contributed by atoms with Crippen LogP contribution < -0.4 is 9.47 Å². The molecule has 0 radical (unpaired) electrons. The molecule has 0 heterocycles. The smallest absolute Gasteiger partial charge is 0.222 e. The fourth-order valence-electron chi connectivity index (χ4n) is 2.34. The van der Waals surface area contributed by atoms with Crippen LogP contribution in [0.3, 0.4) is 0 Å². The summed E-state index contributed by atoms with van der Waals surface area (Å²) >= 11 is 11.2. The molecule has 0 amide bonds. The third-order valence-electron chi connectivity index (χ3n) is 3.70. The fourth-order valence-corrected chi connectivity index (χ4v) is 2.47. The van der Waals surface area contributed by atoms with E-state index in [-0.39, 0.29) is 10.4 Å². The van der Waals surface area contributed by atoms with Gasteiger partial charge in [0.2, 0.25) is 5.90 Å². The number of benzene rings is 1. The number of nitrogens with zero attached hydrogens (tertiary/aromatic N) is 1. The lowest BCUT2D eigenvalue weighted by atomic mass is 10.0. The van der Waals surface area contributed by atoms with Gasteiger partial charge in [0.15, 0.2) is 0 Å². The molecule has 0 unspecified atom stereocenters. The number of unbranched alkanes of at least 4 members (excludes halogenated alkanes) is 1. The van der Waals surface area contributed by atoms with Crippen molar-refractivity contribution in [3.8, 4) is 11.5 Å². The number of aryl methyl sites for hydroxylation is 2. The Morgan fingerprint density at radius 1 is 1.08 bits per heavy atom. The molecule has 0 aliphatic rings. The van der Waals surface area contributed by atoms with Crippen molar-refractivity contribution in [1.82, 2.24) is 0 Å². The zero-order valence-electron chi connectivity index (χ0n) is 15.6. The number of hydrogen-bond donors (Lipinski definition) is 1. The predicted molar refractivity (Wildman–Crippen MR) is 106 cm³/mol. The van der Waals surface area contributed by atoms with E-state index >= 15 is 0 Å². The molecule has 0 bridgehead atoms. The molecule has 0 aliphatic carbocycles. The van der Waals surface area contributed by atoms with Crippen molar-refractivity contribution in [1.29, 1.82) is 0 Å². The van der Waals surface area contributed by atoms with Gasteiger partial charge in [-0.1, -0.05) is 42.2 Å². The average molecular weight is 404 g/mol. The lowest BCUT2D eigenvalue weighted by Crippen LogP contribution is -2.07. The molecular formula is C19H27Cl2NO4. The van der Waals surface area contributed by atoms with Crippen molar-refractivity contribution in [2.24, 2.45) is 5.16 Å². The van der Waals surface area contributed by atoms with E-state index < -0.39 is 0 Å². The quantitative estimate of drug-likeness (QED) is 0.174. The number of oxime groups is 1. The van der Waals surface area contributed by atoms with Gasteiger partial charge in [-0.25, -0.2) is 0 Å². The maximum Gasteiger partial charge on any atom is 0.222 e. The van der Waals surface area contributed by atoms with Gasteiger partial charge in [-0.05, 0) is 55.0 Å². The van der Waals surface area contributed by atoms with Crippen LogP contribution >= 0.6 is 23.2 Å². The number of ether oxygens (including phenoxy) is 3. The van der Waals surface area contributed by atoms with Crippen LogP contribution in [-0.2, 0) is 17.6 Å². The van der Waals surface area contributed by atoms with Gasteiger partial charge >= 0.3 is 0 Å². The highest BCUT2D eigenvalue weighted by Crippen LogP contribution is 2.31. The van der Waals surface area contributed by atoms with E-state index in [4.69, 9.17) is 42.6 Å². The van der Waals surface area contributed by atoms with Gasteiger partial charge in [-0.3, -0.25) is 0 Å². The molecule has 0 spiro atoms. The SMILES string of the molecule is CCc1cc(OCC=C(Cl)Cl)cc(CC)c1OCCCCOC(C)=NO. The van der Waals surface area contributed by atoms with E-state index in [0.29, 0.717) is 19.8 Å². The van der Waals surface area contributed by atoms with Crippen molar-refractivity contribution in [3.63, 3.8) is 0 Å². The van der Waals surface area contributed by atoms with Crippen LogP contribution in [-0.4, -0.2) is 30.9 Å².